The molecule has 0 aliphatic heterocycles. The Morgan fingerprint density at radius 1 is 0.960 bits per heavy atom. The van der Waals surface area contributed by atoms with Crippen molar-refractivity contribution in [3.63, 3.8) is 0 Å². The van der Waals surface area contributed by atoms with Gasteiger partial charge in [-0.2, -0.15) is 5.10 Å². The van der Waals surface area contributed by atoms with E-state index in [4.69, 9.17) is 5.11 Å². The fourth-order valence-corrected chi connectivity index (χ4v) is 2.32. The number of amides is 1. The zero-order valence-corrected chi connectivity index (χ0v) is 14.4. The molecule has 0 radical (unpaired) electrons. The lowest BCUT2D eigenvalue weighted by Crippen LogP contribution is -2.20. The van der Waals surface area contributed by atoms with Gasteiger partial charge in [0.25, 0.3) is 5.91 Å². The van der Waals surface area contributed by atoms with Gasteiger partial charge >= 0.3 is 5.97 Å². The molecule has 0 saturated carbocycles. The van der Waals surface area contributed by atoms with Gasteiger partial charge in [0.15, 0.2) is 0 Å². The number of hydrazone groups is 1. The van der Waals surface area contributed by atoms with E-state index in [1.165, 1.54) is 0 Å². The van der Waals surface area contributed by atoms with Crippen molar-refractivity contribution in [3.05, 3.63) is 71.3 Å². The van der Waals surface area contributed by atoms with Crippen LogP contribution in [0.2, 0.25) is 0 Å². The van der Waals surface area contributed by atoms with Crippen LogP contribution in [0.5, 0.6) is 0 Å². The van der Waals surface area contributed by atoms with Gasteiger partial charge in [-0.15, -0.1) is 0 Å². The molecule has 0 fully saturated rings. The summed E-state index contributed by atoms with van der Waals surface area (Å²) in [5.74, 6) is -0.825. The van der Waals surface area contributed by atoms with Crippen molar-refractivity contribution in [1.29, 1.82) is 0 Å². The van der Waals surface area contributed by atoms with E-state index in [9.17, 15) is 9.59 Å². The summed E-state index contributed by atoms with van der Waals surface area (Å²) in [5.41, 5.74) is 5.53. The summed E-state index contributed by atoms with van der Waals surface area (Å²) in [4.78, 5) is 23.1. The highest BCUT2D eigenvalue weighted by atomic mass is 16.4. The first-order valence-corrected chi connectivity index (χ1v) is 8.21. The number of hydrogen-bond donors (Lipinski definition) is 2. The zero-order chi connectivity index (χ0) is 18.2. The SMILES string of the molecule is CC(C)c1ccc(C(=O)NN=C(CCC(=O)O)c2ccccc2)cc1. The van der Waals surface area contributed by atoms with E-state index >= 15 is 0 Å². The number of nitrogens with zero attached hydrogens (tertiary/aromatic N) is 1. The molecule has 5 nitrogen and oxygen atoms in total. The zero-order valence-electron chi connectivity index (χ0n) is 14.4. The van der Waals surface area contributed by atoms with Crippen LogP contribution < -0.4 is 5.43 Å². The Morgan fingerprint density at radius 2 is 1.60 bits per heavy atom. The fourth-order valence-electron chi connectivity index (χ4n) is 2.32. The molecule has 0 saturated heterocycles. The molecule has 0 bridgehead atoms. The predicted octanol–water partition coefficient (Wildman–Crippen LogP) is 3.81. The van der Waals surface area contributed by atoms with Crippen LogP contribution in [0.3, 0.4) is 0 Å². The quantitative estimate of drug-likeness (QED) is 0.595. The lowest BCUT2D eigenvalue weighted by Gasteiger charge is -2.08. The Morgan fingerprint density at radius 3 is 2.16 bits per heavy atom. The molecule has 130 valence electrons. The maximum Gasteiger partial charge on any atom is 0.303 e. The lowest BCUT2D eigenvalue weighted by molar-refractivity contribution is -0.136. The first-order valence-electron chi connectivity index (χ1n) is 8.21. The Balaban J connectivity index is 2.13. The third kappa shape index (κ3) is 5.57. The number of nitrogens with one attached hydrogen (secondary N) is 1. The molecule has 0 atom stereocenters. The third-order valence-electron chi connectivity index (χ3n) is 3.81. The second-order valence-electron chi connectivity index (χ2n) is 6.04. The summed E-state index contributed by atoms with van der Waals surface area (Å²) in [6.45, 7) is 4.18. The highest BCUT2D eigenvalue weighted by Gasteiger charge is 2.09. The molecule has 2 aromatic rings. The van der Waals surface area contributed by atoms with Crippen LogP contribution in [0.25, 0.3) is 0 Å². The Hall–Kier alpha value is -2.95. The molecule has 25 heavy (non-hydrogen) atoms. The minimum Gasteiger partial charge on any atom is -0.481 e. The van der Waals surface area contributed by atoms with Crippen molar-refractivity contribution in [1.82, 2.24) is 5.43 Å². The summed E-state index contributed by atoms with van der Waals surface area (Å²) < 4.78 is 0. The van der Waals surface area contributed by atoms with Gasteiger partial charge in [0.1, 0.15) is 0 Å². The summed E-state index contributed by atoms with van der Waals surface area (Å²) in [5, 5.41) is 13.0. The molecule has 5 heteroatoms. The minimum atomic E-state index is -0.903. The van der Waals surface area contributed by atoms with Gasteiger partial charge in [0.05, 0.1) is 12.1 Å². The Kier molecular flexibility index (Phi) is 6.46. The Labute approximate surface area is 147 Å². The number of carbonyl (C=O) groups is 2. The van der Waals surface area contributed by atoms with Crippen molar-refractivity contribution in [3.8, 4) is 0 Å². The van der Waals surface area contributed by atoms with E-state index in [1.807, 2.05) is 42.5 Å². The molecule has 0 unspecified atom stereocenters. The summed E-state index contributed by atoms with van der Waals surface area (Å²) in [6.07, 6.45) is 0.193. The number of carboxylic acids is 1. The van der Waals surface area contributed by atoms with Crippen LogP contribution >= 0.6 is 0 Å². The van der Waals surface area contributed by atoms with Crippen LogP contribution in [0.15, 0.2) is 59.7 Å². The third-order valence-corrected chi connectivity index (χ3v) is 3.81. The van der Waals surface area contributed by atoms with Crippen LogP contribution in [-0.4, -0.2) is 22.7 Å². The molecule has 0 spiro atoms. The topological polar surface area (TPSA) is 78.8 Å². The first-order chi connectivity index (χ1) is 12.0. The molecule has 1 amide bonds. The highest BCUT2D eigenvalue weighted by molar-refractivity contribution is 6.03. The molecule has 2 N–H and O–H groups in total. The molecule has 0 aliphatic rings. The molecular weight excluding hydrogens is 316 g/mol. The molecule has 2 aromatic carbocycles. The smallest absolute Gasteiger partial charge is 0.303 e. The van der Waals surface area contributed by atoms with Gasteiger partial charge in [-0.05, 0) is 29.2 Å². The van der Waals surface area contributed by atoms with Gasteiger partial charge in [0.2, 0.25) is 0 Å². The molecule has 0 aliphatic carbocycles. The second-order valence-corrected chi connectivity index (χ2v) is 6.04. The number of benzene rings is 2. The number of aliphatic carboxylic acids is 1. The maximum absolute atomic E-state index is 12.3. The molecule has 0 aromatic heterocycles. The average molecular weight is 338 g/mol. The monoisotopic (exact) mass is 338 g/mol. The van der Waals surface area contributed by atoms with E-state index in [1.54, 1.807) is 12.1 Å². The number of hydrogen-bond acceptors (Lipinski definition) is 3. The number of carbonyl (C=O) groups excluding carboxylic acids is 1. The van der Waals surface area contributed by atoms with E-state index < -0.39 is 5.97 Å². The van der Waals surface area contributed by atoms with Crippen molar-refractivity contribution >= 4 is 17.6 Å². The van der Waals surface area contributed by atoms with Gasteiger partial charge in [-0.1, -0.05) is 56.3 Å². The summed E-state index contributed by atoms with van der Waals surface area (Å²) in [6, 6.07) is 16.6. The van der Waals surface area contributed by atoms with Gasteiger partial charge in [0, 0.05) is 12.0 Å². The van der Waals surface area contributed by atoms with Gasteiger partial charge in [-0.3, -0.25) is 9.59 Å². The van der Waals surface area contributed by atoms with Crippen molar-refractivity contribution in [2.45, 2.75) is 32.6 Å². The molecule has 0 heterocycles. The highest BCUT2D eigenvalue weighted by Crippen LogP contribution is 2.14. The minimum absolute atomic E-state index is 0.0489. The molecular formula is C20H22N2O3. The first kappa shape index (κ1) is 18.4. The second kappa shape index (κ2) is 8.78. The van der Waals surface area contributed by atoms with Crippen LogP contribution in [-0.2, 0) is 4.79 Å². The van der Waals surface area contributed by atoms with Gasteiger partial charge in [-0.25, -0.2) is 5.43 Å². The van der Waals surface area contributed by atoms with E-state index in [-0.39, 0.29) is 18.7 Å². The summed E-state index contributed by atoms with van der Waals surface area (Å²) >= 11 is 0. The largest absolute Gasteiger partial charge is 0.481 e. The summed E-state index contributed by atoms with van der Waals surface area (Å²) in [7, 11) is 0. The van der Waals surface area contributed by atoms with E-state index in [0.717, 1.165) is 11.1 Å². The normalized spacial score (nSPS) is 11.4. The predicted molar refractivity (Wildman–Crippen MR) is 97.8 cm³/mol. The van der Waals surface area contributed by atoms with Crippen LogP contribution in [0.4, 0.5) is 0 Å². The number of carboxylic acid groups (broad SMARTS) is 1. The van der Waals surface area contributed by atoms with Crippen LogP contribution in [0, 0.1) is 0 Å². The van der Waals surface area contributed by atoms with Crippen LogP contribution in [0.1, 0.15) is 54.1 Å². The standard InChI is InChI=1S/C20H22N2O3/c1-14(2)15-8-10-17(11-9-15)20(25)22-21-18(12-13-19(23)24)16-6-4-3-5-7-16/h3-11,14H,12-13H2,1-2H3,(H,22,25)(H,23,24). The maximum atomic E-state index is 12.3. The molecule has 2 rings (SSSR count). The van der Waals surface area contributed by atoms with E-state index in [0.29, 0.717) is 17.2 Å². The van der Waals surface area contributed by atoms with Crippen molar-refractivity contribution < 1.29 is 14.7 Å². The van der Waals surface area contributed by atoms with Gasteiger partial charge < -0.3 is 5.11 Å². The number of rotatable bonds is 7. The lowest BCUT2D eigenvalue weighted by atomic mass is 10.0. The van der Waals surface area contributed by atoms with Crippen molar-refractivity contribution in [2.75, 3.05) is 0 Å². The average Bonchev–Trinajstić information content (AvgIpc) is 2.62. The van der Waals surface area contributed by atoms with E-state index in [2.05, 4.69) is 24.4 Å². The fraction of sp³-hybridized carbons (Fsp3) is 0.250. The van der Waals surface area contributed by atoms with Crippen molar-refractivity contribution in [2.24, 2.45) is 5.10 Å². The Bertz CT molecular complexity index is 750.